The average molecular weight is 296 g/mol. The third-order valence-corrected chi connectivity index (χ3v) is 3.72. The number of fused-ring (bicyclic) bond motifs is 1. The van der Waals surface area contributed by atoms with Crippen LogP contribution in [0.5, 0.6) is 5.75 Å². The third kappa shape index (κ3) is 2.32. The summed E-state index contributed by atoms with van der Waals surface area (Å²) in [5.74, 6) is 0.0229. The van der Waals surface area contributed by atoms with Gasteiger partial charge in [-0.25, -0.2) is 0 Å². The summed E-state index contributed by atoms with van der Waals surface area (Å²) in [7, 11) is 1.34. The molecule has 0 spiro atoms. The van der Waals surface area contributed by atoms with Crippen molar-refractivity contribution in [3.05, 3.63) is 26.7 Å². The van der Waals surface area contributed by atoms with Crippen molar-refractivity contribution in [3.63, 3.8) is 0 Å². The van der Waals surface area contributed by atoms with Crippen molar-refractivity contribution < 1.29 is 14.3 Å². The molecule has 92 valence electrons. The minimum absolute atomic E-state index is 0.166. The van der Waals surface area contributed by atoms with Gasteiger partial charge < -0.3 is 9.47 Å². The molecule has 6 heteroatoms. The van der Waals surface area contributed by atoms with E-state index in [1.165, 1.54) is 13.2 Å². The highest BCUT2D eigenvalue weighted by Gasteiger charge is 2.32. The van der Waals surface area contributed by atoms with Crippen molar-refractivity contribution in [2.45, 2.75) is 12.3 Å². The highest BCUT2D eigenvalue weighted by Crippen LogP contribution is 2.47. The van der Waals surface area contributed by atoms with Gasteiger partial charge in [-0.15, -0.1) is 0 Å². The second kappa shape index (κ2) is 4.92. The summed E-state index contributed by atoms with van der Waals surface area (Å²) in [4.78, 5) is 11.3. The molecular formula is C11H9Cl3O3. The Kier molecular flexibility index (Phi) is 3.71. The van der Waals surface area contributed by atoms with Gasteiger partial charge in [0.05, 0.1) is 35.2 Å². The summed E-state index contributed by atoms with van der Waals surface area (Å²) >= 11 is 18.1. The number of esters is 1. The first kappa shape index (κ1) is 12.8. The molecule has 1 aromatic carbocycles. The van der Waals surface area contributed by atoms with Crippen LogP contribution < -0.4 is 4.74 Å². The van der Waals surface area contributed by atoms with Gasteiger partial charge in [-0.2, -0.15) is 0 Å². The molecule has 3 nitrogen and oxygen atoms in total. The molecule has 1 aliphatic rings. The highest BCUT2D eigenvalue weighted by molar-refractivity contribution is 6.44. The molecule has 0 fully saturated rings. The molecule has 0 amide bonds. The number of carbonyl (C=O) groups is 1. The van der Waals surface area contributed by atoms with Crippen molar-refractivity contribution in [3.8, 4) is 5.75 Å². The van der Waals surface area contributed by atoms with E-state index in [0.717, 1.165) is 0 Å². The van der Waals surface area contributed by atoms with Crippen LogP contribution in [0.3, 0.4) is 0 Å². The van der Waals surface area contributed by atoms with Crippen LogP contribution in [-0.4, -0.2) is 19.7 Å². The standard InChI is InChI=1S/C11H9Cl3O3/c1-16-8(15)2-5-4-17-11-7(13)3-6(12)10(14)9(5)11/h3,5H,2,4H2,1H3/t5-/m1/s1. The normalized spacial score (nSPS) is 17.5. The fourth-order valence-electron chi connectivity index (χ4n) is 1.82. The molecule has 0 bridgehead atoms. The van der Waals surface area contributed by atoms with Gasteiger partial charge >= 0.3 is 5.97 Å². The fourth-order valence-corrected chi connectivity index (χ4v) is 2.65. The first-order valence-corrected chi connectivity index (χ1v) is 6.05. The van der Waals surface area contributed by atoms with E-state index in [1.807, 2.05) is 0 Å². The molecule has 0 aliphatic carbocycles. The first-order chi connectivity index (χ1) is 8.04. The van der Waals surface area contributed by atoms with Crippen molar-refractivity contribution in [1.29, 1.82) is 0 Å². The van der Waals surface area contributed by atoms with Crippen LogP contribution in [0, 0.1) is 0 Å². The Morgan fingerprint density at radius 2 is 2.18 bits per heavy atom. The lowest BCUT2D eigenvalue weighted by atomic mass is 9.98. The summed E-state index contributed by atoms with van der Waals surface area (Å²) in [6, 6.07) is 1.53. The zero-order valence-electron chi connectivity index (χ0n) is 8.93. The SMILES string of the molecule is COC(=O)C[C@@H]1COc2c(Cl)cc(Cl)c(Cl)c21. The van der Waals surface area contributed by atoms with Crippen molar-refractivity contribution in [2.75, 3.05) is 13.7 Å². The van der Waals surface area contributed by atoms with Crippen LogP contribution in [0.2, 0.25) is 15.1 Å². The van der Waals surface area contributed by atoms with Gasteiger partial charge in [0.15, 0.2) is 0 Å². The van der Waals surface area contributed by atoms with Crippen LogP contribution in [0.1, 0.15) is 17.9 Å². The average Bonchev–Trinajstić information content (AvgIpc) is 2.70. The largest absolute Gasteiger partial charge is 0.491 e. The molecule has 0 unspecified atom stereocenters. The van der Waals surface area contributed by atoms with Crippen LogP contribution >= 0.6 is 34.8 Å². The molecule has 1 aromatic rings. The quantitative estimate of drug-likeness (QED) is 0.616. The number of ether oxygens (including phenoxy) is 2. The van der Waals surface area contributed by atoms with E-state index in [9.17, 15) is 4.79 Å². The van der Waals surface area contributed by atoms with Crippen molar-refractivity contribution in [2.24, 2.45) is 0 Å². The minimum atomic E-state index is -0.321. The van der Waals surface area contributed by atoms with Gasteiger partial charge in [0.25, 0.3) is 0 Å². The van der Waals surface area contributed by atoms with Gasteiger partial charge in [0, 0.05) is 11.5 Å². The Morgan fingerprint density at radius 1 is 1.47 bits per heavy atom. The maximum atomic E-state index is 11.3. The lowest BCUT2D eigenvalue weighted by Gasteiger charge is -2.10. The molecule has 0 saturated carbocycles. The number of carbonyl (C=O) groups excluding carboxylic acids is 1. The summed E-state index contributed by atoms with van der Waals surface area (Å²) in [6.07, 6.45) is 0.194. The Bertz CT molecular complexity index is 474. The monoisotopic (exact) mass is 294 g/mol. The maximum absolute atomic E-state index is 11.3. The zero-order valence-corrected chi connectivity index (χ0v) is 11.2. The molecule has 2 rings (SSSR count). The Labute approximate surface area is 114 Å². The second-order valence-corrected chi connectivity index (χ2v) is 4.88. The molecule has 0 radical (unpaired) electrons. The number of halogens is 3. The smallest absolute Gasteiger partial charge is 0.306 e. The number of methoxy groups -OCH3 is 1. The molecule has 1 aliphatic heterocycles. The minimum Gasteiger partial charge on any atom is -0.491 e. The van der Waals surface area contributed by atoms with E-state index in [0.29, 0.717) is 33.0 Å². The summed E-state index contributed by atoms with van der Waals surface area (Å²) in [5.41, 5.74) is 0.689. The van der Waals surface area contributed by atoms with E-state index >= 15 is 0 Å². The molecule has 0 saturated heterocycles. The van der Waals surface area contributed by atoms with Crippen LogP contribution in [0.25, 0.3) is 0 Å². The Balaban J connectivity index is 2.39. The Hall–Kier alpha value is -0.640. The topological polar surface area (TPSA) is 35.5 Å². The van der Waals surface area contributed by atoms with Crippen LogP contribution in [0.15, 0.2) is 6.07 Å². The zero-order chi connectivity index (χ0) is 12.6. The predicted molar refractivity (Wildman–Crippen MR) is 66.3 cm³/mol. The molecule has 0 N–H and O–H groups in total. The first-order valence-electron chi connectivity index (χ1n) is 4.91. The fraction of sp³-hybridized carbons (Fsp3) is 0.364. The number of benzene rings is 1. The molecular weight excluding hydrogens is 286 g/mol. The summed E-state index contributed by atoms with van der Waals surface area (Å²) < 4.78 is 10.1. The third-order valence-electron chi connectivity index (χ3n) is 2.64. The van der Waals surface area contributed by atoms with Crippen LogP contribution in [-0.2, 0) is 9.53 Å². The van der Waals surface area contributed by atoms with E-state index in [-0.39, 0.29) is 18.3 Å². The number of hydrogen-bond donors (Lipinski definition) is 0. The molecule has 1 heterocycles. The second-order valence-electron chi connectivity index (χ2n) is 3.69. The van der Waals surface area contributed by atoms with Gasteiger partial charge in [0.2, 0.25) is 0 Å². The van der Waals surface area contributed by atoms with Crippen LogP contribution in [0.4, 0.5) is 0 Å². The maximum Gasteiger partial charge on any atom is 0.306 e. The molecule has 1 atom stereocenters. The number of rotatable bonds is 2. The Morgan fingerprint density at radius 3 is 2.82 bits per heavy atom. The lowest BCUT2D eigenvalue weighted by Crippen LogP contribution is -2.10. The van der Waals surface area contributed by atoms with E-state index in [1.54, 1.807) is 0 Å². The van der Waals surface area contributed by atoms with E-state index in [2.05, 4.69) is 4.74 Å². The van der Waals surface area contributed by atoms with Crippen molar-refractivity contribution >= 4 is 40.8 Å². The van der Waals surface area contributed by atoms with Gasteiger partial charge in [-0.3, -0.25) is 4.79 Å². The highest BCUT2D eigenvalue weighted by atomic mass is 35.5. The van der Waals surface area contributed by atoms with E-state index < -0.39 is 0 Å². The van der Waals surface area contributed by atoms with Crippen molar-refractivity contribution in [1.82, 2.24) is 0 Å². The van der Waals surface area contributed by atoms with E-state index in [4.69, 9.17) is 39.5 Å². The predicted octanol–water partition coefficient (Wildman–Crippen LogP) is 3.69. The lowest BCUT2D eigenvalue weighted by molar-refractivity contribution is -0.141. The van der Waals surface area contributed by atoms with Gasteiger partial charge in [-0.05, 0) is 6.07 Å². The number of hydrogen-bond acceptors (Lipinski definition) is 3. The molecule has 0 aromatic heterocycles. The van der Waals surface area contributed by atoms with Gasteiger partial charge in [0.1, 0.15) is 5.75 Å². The summed E-state index contributed by atoms with van der Waals surface area (Å²) in [6.45, 7) is 0.351. The summed E-state index contributed by atoms with van der Waals surface area (Å²) in [5, 5.41) is 1.15. The molecule has 17 heavy (non-hydrogen) atoms. The van der Waals surface area contributed by atoms with Gasteiger partial charge in [-0.1, -0.05) is 34.8 Å².